The maximum atomic E-state index is 12.3. The van der Waals surface area contributed by atoms with Crippen molar-refractivity contribution in [1.82, 2.24) is 10.2 Å². The van der Waals surface area contributed by atoms with Crippen LogP contribution in [-0.2, 0) is 6.54 Å². The van der Waals surface area contributed by atoms with E-state index in [4.69, 9.17) is 4.42 Å². The fourth-order valence-corrected chi connectivity index (χ4v) is 3.92. The molecule has 0 aliphatic heterocycles. The van der Waals surface area contributed by atoms with Crippen LogP contribution in [0.3, 0.4) is 0 Å². The lowest BCUT2D eigenvalue weighted by atomic mass is 10.1. The fourth-order valence-electron chi connectivity index (χ4n) is 1.95. The van der Waals surface area contributed by atoms with Gasteiger partial charge < -0.3 is 9.73 Å². The van der Waals surface area contributed by atoms with Crippen molar-refractivity contribution in [3.8, 4) is 0 Å². The molecule has 0 saturated heterocycles. The van der Waals surface area contributed by atoms with Crippen molar-refractivity contribution >= 4 is 34.0 Å². The van der Waals surface area contributed by atoms with Gasteiger partial charge in [-0.05, 0) is 19.1 Å². The predicted molar refractivity (Wildman–Crippen MR) is 92.0 cm³/mol. The van der Waals surface area contributed by atoms with Gasteiger partial charge in [-0.3, -0.25) is 4.79 Å². The summed E-state index contributed by atoms with van der Waals surface area (Å²) in [7, 11) is 0. The lowest BCUT2D eigenvalue weighted by Crippen LogP contribution is -2.13. The quantitative estimate of drug-likeness (QED) is 0.513. The summed E-state index contributed by atoms with van der Waals surface area (Å²) >= 11 is 2.85. The van der Waals surface area contributed by atoms with Gasteiger partial charge in [-0.15, -0.1) is 10.2 Å². The number of furan rings is 1. The van der Waals surface area contributed by atoms with Crippen LogP contribution in [0.2, 0.25) is 0 Å². The highest BCUT2D eigenvalue weighted by Crippen LogP contribution is 2.30. The van der Waals surface area contributed by atoms with Crippen molar-refractivity contribution in [3.05, 3.63) is 60.1 Å². The minimum Gasteiger partial charge on any atom is -0.467 e. The zero-order valence-corrected chi connectivity index (χ0v) is 14.1. The molecular weight excluding hydrogens is 330 g/mol. The van der Waals surface area contributed by atoms with E-state index in [1.54, 1.807) is 6.26 Å². The Balaban J connectivity index is 1.57. The van der Waals surface area contributed by atoms with Gasteiger partial charge in [0.1, 0.15) is 5.76 Å². The second kappa shape index (κ2) is 7.43. The molecule has 0 amide bonds. The molecule has 2 aromatic heterocycles. The monoisotopic (exact) mass is 345 g/mol. The second-order valence-corrected chi connectivity index (χ2v) is 7.36. The van der Waals surface area contributed by atoms with Crippen LogP contribution in [-0.4, -0.2) is 21.2 Å². The van der Waals surface area contributed by atoms with Gasteiger partial charge in [0.2, 0.25) is 5.13 Å². The first-order chi connectivity index (χ1) is 11.2. The Morgan fingerprint density at radius 1 is 1.26 bits per heavy atom. The minimum atomic E-state index is -0.205. The molecule has 5 nitrogen and oxygen atoms in total. The van der Waals surface area contributed by atoms with Crippen LogP contribution >= 0.6 is 23.1 Å². The summed E-state index contributed by atoms with van der Waals surface area (Å²) in [5.74, 6) is 0.929. The smallest absolute Gasteiger partial charge is 0.206 e. The average molecular weight is 345 g/mol. The number of aromatic nitrogens is 2. The fraction of sp³-hybridized carbons (Fsp3) is 0.188. The highest BCUT2D eigenvalue weighted by molar-refractivity contribution is 8.02. The summed E-state index contributed by atoms with van der Waals surface area (Å²) in [5.41, 5.74) is 0.716. The molecule has 1 N–H and O–H groups in total. The van der Waals surface area contributed by atoms with Crippen molar-refractivity contribution in [1.29, 1.82) is 0 Å². The van der Waals surface area contributed by atoms with Crippen LogP contribution in [0, 0.1) is 0 Å². The maximum absolute atomic E-state index is 12.3. The van der Waals surface area contributed by atoms with Crippen molar-refractivity contribution < 1.29 is 9.21 Å². The molecule has 0 spiro atoms. The Morgan fingerprint density at radius 2 is 2.09 bits per heavy atom. The number of nitrogens with zero attached hydrogens (tertiary/aromatic N) is 2. The number of hydrogen-bond acceptors (Lipinski definition) is 7. The molecule has 23 heavy (non-hydrogen) atoms. The average Bonchev–Trinajstić information content (AvgIpc) is 3.24. The molecule has 118 valence electrons. The number of rotatable bonds is 7. The lowest BCUT2D eigenvalue weighted by Gasteiger charge is -2.07. The Kier molecular flexibility index (Phi) is 5.09. The maximum Gasteiger partial charge on any atom is 0.206 e. The van der Waals surface area contributed by atoms with Crippen molar-refractivity contribution in [2.45, 2.75) is 23.1 Å². The van der Waals surface area contributed by atoms with Gasteiger partial charge in [0.05, 0.1) is 18.1 Å². The van der Waals surface area contributed by atoms with E-state index in [-0.39, 0.29) is 11.0 Å². The molecule has 1 atom stereocenters. The predicted octanol–water partition coefficient (Wildman–Crippen LogP) is 4.11. The summed E-state index contributed by atoms with van der Waals surface area (Å²) in [6.07, 6.45) is 1.63. The molecule has 2 heterocycles. The number of hydrogen-bond donors (Lipinski definition) is 1. The first-order valence-electron chi connectivity index (χ1n) is 7.08. The third kappa shape index (κ3) is 4.20. The normalized spacial score (nSPS) is 12.0. The Labute approximate surface area is 142 Å². The van der Waals surface area contributed by atoms with Crippen LogP contribution in [0.1, 0.15) is 23.0 Å². The van der Waals surface area contributed by atoms with Crippen molar-refractivity contribution in [2.24, 2.45) is 0 Å². The molecule has 0 radical (unpaired) electrons. The Hall–Kier alpha value is -2.12. The summed E-state index contributed by atoms with van der Waals surface area (Å²) in [5, 5.41) is 11.9. The number of ketones is 1. The van der Waals surface area contributed by atoms with Crippen LogP contribution in [0.15, 0.2) is 57.5 Å². The van der Waals surface area contributed by atoms with Crippen LogP contribution in [0.4, 0.5) is 5.13 Å². The molecule has 0 bridgehead atoms. The van der Waals surface area contributed by atoms with Crippen LogP contribution < -0.4 is 5.32 Å². The number of benzene rings is 1. The van der Waals surface area contributed by atoms with E-state index < -0.39 is 0 Å². The molecule has 7 heteroatoms. The van der Waals surface area contributed by atoms with E-state index in [2.05, 4.69) is 15.5 Å². The van der Waals surface area contributed by atoms with E-state index >= 15 is 0 Å². The standard InChI is InChI=1S/C16H15N3O2S2/c1-11(14(20)12-6-3-2-4-7-12)22-16-19-18-15(23-16)17-10-13-8-5-9-21-13/h2-9,11H,10H2,1H3,(H,17,18). The number of Topliss-reactive ketones (excluding diaryl/α,β-unsaturated/α-hetero) is 1. The zero-order valence-electron chi connectivity index (χ0n) is 12.4. The van der Waals surface area contributed by atoms with E-state index in [0.29, 0.717) is 17.2 Å². The number of carbonyl (C=O) groups is 1. The van der Waals surface area contributed by atoms with E-state index in [0.717, 1.165) is 10.1 Å². The highest BCUT2D eigenvalue weighted by atomic mass is 32.2. The molecule has 0 aliphatic carbocycles. The summed E-state index contributed by atoms with van der Waals surface area (Å²) in [6.45, 7) is 2.45. The minimum absolute atomic E-state index is 0.0934. The van der Waals surface area contributed by atoms with Gasteiger partial charge >= 0.3 is 0 Å². The molecule has 0 saturated carbocycles. The van der Waals surface area contributed by atoms with E-state index in [9.17, 15) is 4.79 Å². The van der Waals surface area contributed by atoms with Gasteiger partial charge in [-0.2, -0.15) is 0 Å². The Bertz CT molecular complexity index is 757. The van der Waals surface area contributed by atoms with Crippen molar-refractivity contribution in [2.75, 3.05) is 5.32 Å². The topological polar surface area (TPSA) is 68.0 Å². The van der Waals surface area contributed by atoms with Gasteiger partial charge in [0.25, 0.3) is 0 Å². The van der Waals surface area contributed by atoms with Gasteiger partial charge in [0, 0.05) is 5.56 Å². The SMILES string of the molecule is CC(Sc1nnc(NCc2ccco2)s1)C(=O)c1ccccc1. The molecule has 1 aromatic carbocycles. The van der Waals surface area contributed by atoms with Crippen LogP contribution in [0.25, 0.3) is 0 Å². The highest BCUT2D eigenvalue weighted by Gasteiger charge is 2.18. The first kappa shape index (κ1) is 15.8. The number of anilines is 1. The van der Waals surface area contributed by atoms with Gasteiger partial charge in [-0.1, -0.05) is 53.4 Å². The summed E-state index contributed by atoms with van der Waals surface area (Å²) in [4.78, 5) is 12.3. The molecule has 1 unspecified atom stereocenters. The first-order valence-corrected chi connectivity index (χ1v) is 8.77. The van der Waals surface area contributed by atoms with E-state index in [1.165, 1.54) is 23.1 Å². The van der Waals surface area contributed by atoms with Gasteiger partial charge in [-0.25, -0.2) is 0 Å². The lowest BCUT2D eigenvalue weighted by molar-refractivity contribution is 0.0994. The van der Waals surface area contributed by atoms with Gasteiger partial charge in [0.15, 0.2) is 10.1 Å². The molecule has 3 aromatic rings. The third-order valence-corrected chi connectivity index (χ3v) is 5.17. The number of carbonyl (C=O) groups excluding carboxylic acids is 1. The largest absolute Gasteiger partial charge is 0.467 e. The Morgan fingerprint density at radius 3 is 2.83 bits per heavy atom. The number of nitrogens with one attached hydrogen (secondary N) is 1. The summed E-state index contributed by atoms with van der Waals surface area (Å²) in [6, 6.07) is 13.0. The van der Waals surface area contributed by atoms with Crippen molar-refractivity contribution in [3.63, 3.8) is 0 Å². The second-order valence-electron chi connectivity index (χ2n) is 4.80. The molecule has 0 aliphatic rings. The molecule has 0 fully saturated rings. The third-order valence-electron chi connectivity index (χ3n) is 3.11. The molecular formula is C16H15N3O2S2. The summed E-state index contributed by atoms with van der Waals surface area (Å²) < 4.78 is 6.02. The molecule has 3 rings (SSSR count). The van der Waals surface area contributed by atoms with E-state index in [1.807, 2.05) is 49.4 Å². The van der Waals surface area contributed by atoms with Crippen LogP contribution in [0.5, 0.6) is 0 Å². The zero-order chi connectivity index (χ0) is 16.1. The number of thioether (sulfide) groups is 1.